The first-order valence-electron chi connectivity index (χ1n) is 7.64. The van der Waals surface area contributed by atoms with Crippen molar-refractivity contribution in [3.8, 4) is 11.1 Å². The lowest BCUT2D eigenvalue weighted by atomic mass is 10.0. The maximum atomic E-state index is 13.4. The van der Waals surface area contributed by atoms with Crippen molar-refractivity contribution in [2.75, 3.05) is 0 Å². The summed E-state index contributed by atoms with van der Waals surface area (Å²) in [6.07, 6.45) is -13.7. The van der Waals surface area contributed by atoms with Crippen LogP contribution in [-0.4, -0.2) is 18.2 Å². The third-order valence-electron chi connectivity index (χ3n) is 3.66. The Morgan fingerprint density at radius 3 is 1.56 bits per heavy atom. The molecule has 0 unspecified atom stereocenters. The predicted octanol–water partition coefficient (Wildman–Crippen LogP) is 6.79. The molecule has 0 radical (unpaired) electrons. The number of rotatable bonds is 7. The molecule has 9 heteroatoms. The third kappa shape index (κ3) is 5.84. The Balaban J connectivity index is 2.03. The van der Waals surface area contributed by atoms with Crippen LogP contribution in [0.3, 0.4) is 0 Å². The van der Waals surface area contributed by atoms with E-state index >= 15 is 0 Å². The molecule has 0 aliphatic carbocycles. The Morgan fingerprint density at radius 1 is 0.704 bits per heavy atom. The molecule has 2 aromatic rings. The van der Waals surface area contributed by atoms with Crippen molar-refractivity contribution in [3.63, 3.8) is 0 Å². The van der Waals surface area contributed by atoms with Gasteiger partial charge in [-0.2, -0.15) is 30.7 Å². The Morgan fingerprint density at radius 2 is 1.15 bits per heavy atom. The molecule has 1 nitrogen and oxygen atoms in total. The summed E-state index contributed by atoms with van der Waals surface area (Å²) in [6, 6.07) is 13.1. The van der Waals surface area contributed by atoms with E-state index in [1.165, 1.54) is 12.1 Å². The van der Waals surface area contributed by atoms with Crippen LogP contribution < -0.4 is 0 Å². The largest absolute Gasteiger partial charge is 0.420 e. The second-order valence-electron chi connectivity index (χ2n) is 5.83. The fourth-order valence-electron chi connectivity index (χ4n) is 2.21. The zero-order valence-corrected chi connectivity index (χ0v) is 14.4. The quantitative estimate of drug-likeness (QED) is 0.358. The van der Waals surface area contributed by atoms with Crippen LogP contribution in [0, 0.1) is 0 Å². The number of halogens is 8. The Kier molecular flexibility index (Phi) is 6.42. The van der Waals surface area contributed by atoms with E-state index in [2.05, 4.69) is 4.74 Å². The summed E-state index contributed by atoms with van der Waals surface area (Å²) in [5.41, 5.74) is 2.57. The molecule has 0 amide bonds. The summed E-state index contributed by atoms with van der Waals surface area (Å²) < 4.78 is 92.9. The zero-order valence-electron chi connectivity index (χ0n) is 13.7. The van der Waals surface area contributed by atoms with Crippen LogP contribution in [0.5, 0.6) is 0 Å². The van der Waals surface area contributed by atoms with Gasteiger partial charge in [0.05, 0.1) is 6.61 Å². The van der Waals surface area contributed by atoms with Crippen molar-refractivity contribution in [2.24, 2.45) is 0 Å². The van der Waals surface area contributed by atoms with E-state index in [-0.39, 0.29) is 5.56 Å². The van der Waals surface area contributed by atoms with Crippen molar-refractivity contribution < 1.29 is 35.5 Å². The van der Waals surface area contributed by atoms with Crippen molar-refractivity contribution in [1.82, 2.24) is 0 Å². The van der Waals surface area contributed by atoms with Crippen molar-refractivity contribution in [1.29, 1.82) is 0 Å². The lowest BCUT2D eigenvalue weighted by molar-refractivity contribution is -0.369. The number of benzene rings is 2. The van der Waals surface area contributed by atoms with Gasteiger partial charge in [-0.3, -0.25) is 0 Å². The molecule has 0 N–H and O–H groups in total. The van der Waals surface area contributed by atoms with Crippen molar-refractivity contribution in [2.45, 2.75) is 37.1 Å². The Hall–Kier alpha value is -1.80. The Bertz CT molecular complexity index is 740. The minimum absolute atomic E-state index is 0.110. The number of alkyl halides is 8. The molecule has 0 saturated heterocycles. The second kappa shape index (κ2) is 8.06. The first-order valence-corrected chi connectivity index (χ1v) is 8.17. The molecular formula is C18H14ClF7O. The number of hydrogen-bond donors (Lipinski definition) is 0. The average Bonchev–Trinajstić information content (AvgIpc) is 2.58. The molecule has 0 spiro atoms. The highest BCUT2D eigenvalue weighted by atomic mass is 35.5. The van der Waals surface area contributed by atoms with Gasteiger partial charge in [0.15, 0.2) is 0 Å². The van der Waals surface area contributed by atoms with E-state index in [9.17, 15) is 30.7 Å². The summed E-state index contributed by atoms with van der Waals surface area (Å²) in [5, 5.41) is 0. The molecule has 0 heterocycles. The second-order valence-corrected chi connectivity index (χ2v) is 6.10. The van der Waals surface area contributed by atoms with Crippen LogP contribution >= 0.6 is 11.6 Å². The average molecular weight is 415 g/mol. The fourth-order valence-corrected chi connectivity index (χ4v) is 2.39. The highest BCUT2D eigenvalue weighted by Gasteiger charge is 2.62. The van der Waals surface area contributed by atoms with Gasteiger partial charge in [0.25, 0.3) is 0 Å². The monoisotopic (exact) mass is 414 g/mol. The van der Waals surface area contributed by atoms with Gasteiger partial charge in [-0.1, -0.05) is 48.5 Å². The van der Waals surface area contributed by atoms with Crippen LogP contribution in [-0.2, 0) is 17.2 Å². The summed E-state index contributed by atoms with van der Waals surface area (Å²) in [5.74, 6) is -5.01. The Labute approximate surface area is 155 Å². The van der Waals surface area contributed by atoms with Crippen LogP contribution in [0.25, 0.3) is 11.1 Å². The van der Waals surface area contributed by atoms with Gasteiger partial charge >= 0.3 is 18.2 Å². The van der Waals surface area contributed by atoms with E-state index in [0.717, 1.165) is 16.7 Å². The van der Waals surface area contributed by atoms with Gasteiger partial charge < -0.3 is 4.74 Å². The van der Waals surface area contributed by atoms with Gasteiger partial charge in [0, 0.05) is 5.88 Å². The van der Waals surface area contributed by atoms with Crippen LogP contribution in [0.1, 0.15) is 17.5 Å². The van der Waals surface area contributed by atoms with E-state index < -0.39 is 31.2 Å². The maximum Gasteiger partial charge on any atom is 0.420 e. The van der Waals surface area contributed by atoms with Gasteiger partial charge in [-0.05, 0) is 22.3 Å². The predicted molar refractivity (Wildman–Crippen MR) is 86.8 cm³/mol. The van der Waals surface area contributed by atoms with E-state index in [4.69, 9.17) is 11.6 Å². The molecule has 0 aliphatic heterocycles. The van der Waals surface area contributed by atoms with Crippen LogP contribution in [0.15, 0.2) is 48.5 Å². The molecule has 0 atom stereocenters. The summed E-state index contributed by atoms with van der Waals surface area (Å²) in [6.45, 7) is -0.966. The van der Waals surface area contributed by atoms with Crippen LogP contribution in [0.2, 0.25) is 0 Å². The molecule has 2 aromatic carbocycles. The van der Waals surface area contributed by atoms with Gasteiger partial charge in [-0.25, -0.2) is 0 Å². The summed E-state index contributed by atoms with van der Waals surface area (Å²) in [4.78, 5) is 0. The number of hydrogen-bond acceptors (Lipinski definition) is 1. The summed E-state index contributed by atoms with van der Waals surface area (Å²) >= 11 is 5.69. The molecule has 27 heavy (non-hydrogen) atoms. The molecular weight excluding hydrogens is 401 g/mol. The molecule has 148 valence electrons. The first kappa shape index (κ1) is 21.5. The third-order valence-corrected chi connectivity index (χ3v) is 3.97. The van der Waals surface area contributed by atoms with Gasteiger partial charge in [-0.15, -0.1) is 11.6 Å². The molecule has 0 bridgehead atoms. The fraction of sp³-hybridized carbons (Fsp3) is 0.333. The lowest BCUT2D eigenvalue weighted by Crippen LogP contribution is -2.45. The van der Waals surface area contributed by atoms with Gasteiger partial charge in [0.2, 0.25) is 0 Å². The molecule has 0 aliphatic rings. The summed E-state index contributed by atoms with van der Waals surface area (Å²) in [7, 11) is 0. The smallest absolute Gasteiger partial charge is 0.311 e. The SMILES string of the molecule is FC(F)(F)CC(F)(F)C(F)(F)OCc1ccc(-c2ccc(CCl)cc2)cc1. The van der Waals surface area contributed by atoms with E-state index in [0.29, 0.717) is 5.88 Å². The van der Waals surface area contributed by atoms with E-state index in [1.807, 2.05) is 12.1 Å². The minimum atomic E-state index is -5.45. The minimum Gasteiger partial charge on any atom is -0.311 e. The van der Waals surface area contributed by atoms with Crippen molar-refractivity contribution in [3.05, 3.63) is 59.7 Å². The standard InChI is InChI=1S/C18H14ClF7O/c19-9-12-1-5-14(6-2-12)15-7-3-13(4-8-15)10-27-18(25,26)16(20,21)11-17(22,23)24/h1-8H,9-11H2. The first-order chi connectivity index (χ1) is 12.4. The highest BCUT2D eigenvalue weighted by Crippen LogP contribution is 2.43. The molecule has 0 aromatic heterocycles. The topological polar surface area (TPSA) is 9.23 Å². The van der Waals surface area contributed by atoms with Gasteiger partial charge in [0.1, 0.15) is 6.42 Å². The normalized spacial score (nSPS) is 13.0. The highest BCUT2D eigenvalue weighted by molar-refractivity contribution is 6.17. The molecule has 0 fully saturated rings. The molecule has 0 saturated carbocycles. The van der Waals surface area contributed by atoms with E-state index in [1.54, 1.807) is 24.3 Å². The van der Waals surface area contributed by atoms with Crippen LogP contribution in [0.4, 0.5) is 30.7 Å². The number of ether oxygens (including phenoxy) is 1. The zero-order chi connectivity index (χ0) is 20.3. The lowest BCUT2D eigenvalue weighted by Gasteiger charge is -2.26. The maximum absolute atomic E-state index is 13.4. The molecule has 2 rings (SSSR count). The van der Waals surface area contributed by atoms with Crippen molar-refractivity contribution >= 4 is 11.6 Å².